The third-order valence-electron chi connectivity index (χ3n) is 4.95. The van der Waals surface area contributed by atoms with E-state index in [9.17, 15) is 9.90 Å². The van der Waals surface area contributed by atoms with Gasteiger partial charge in [-0.1, -0.05) is 44.0 Å². The molecule has 0 aliphatic heterocycles. The average molecular weight is 361 g/mol. The quantitative estimate of drug-likeness (QED) is 0.312. The molecule has 4 rings (SSSR count). The first kappa shape index (κ1) is 17.6. The van der Waals surface area contributed by atoms with Gasteiger partial charge in [0.15, 0.2) is 0 Å². The fraction of sp³-hybridized carbons (Fsp3) is 0.273. The van der Waals surface area contributed by atoms with Crippen molar-refractivity contribution >= 4 is 27.3 Å². The Kier molecular flexibility index (Phi) is 4.88. The molecule has 0 fully saturated rings. The molecule has 1 unspecified atom stereocenters. The van der Waals surface area contributed by atoms with Crippen molar-refractivity contribution in [2.75, 3.05) is 6.54 Å². The van der Waals surface area contributed by atoms with Crippen molar-refractivity contribution in [3.05, 3.63) is 70.6 Å². The highest BCUT2D eigenvalue weighted by Gasteiger charge is 2.15. The van der Waals surface area contributed by atoms with Crippen LogP contribution in [0.4, 0.5) is 0 Å². The second-order valence-corrected chi connectivity index (χ2v) is 6.85. The van der Waals surface area contributed by atoms with Crippen LogP contribution < -0.4 is 10.9 Å². The van der Waals surface area contributed by atoms with Crippen LogP contribution in [0.5, 0.6) is 0 Å². The zero-order valence-electron chi connectivity index (χ0n) is 15.4. The van der Waals surface area contributed by atoms with E-state index in [0.717, 1.165) is 36.6 Å². The van der Waals surface area contributed by atoms with E-state index in [2.05, 4.69) is 12.2 Å². The number of aromatic nitrogens is 2. The average Bonchev–Trinajstić information content (AvgIpc) is 2.70. The Bertz CT molecular complexity index is 1170. The number of hydrogen-bond acceptors (Lipinski definition) is 4. The summed E-state index contributed by atoms with van der Waals surface area (Å²) in [4.78, 5) is 17.7. The first-order valence-electron chi connectivity index (χ1n) is 9.44. The van der Waals surface area contributed by atoms with Gasteiger partial charge in [0.05, 0.1) is 10.9 Å². The maximum absolute atomic E-state index is 13.0. The van der Waals surface area contributed by atoms with Crippen LogP contribution in [0.15, 0.2) is 59.5 Å². The van der Waals surface area contributed by atoms with E-state index in [1.165, 1.54) is 4.40 Å². The zero-order valence-corrected chi connectivity index (χ0v) is 15.4. The molecule has 2 aromatic carbocycles. The van der Waals surface area contributed by atoms with Gasteiger partial charge in [-0.15, -0.1) is 0 Å². The number of aliphatic hydroxyl groups is 1. The van der Waals surface area contributed by atoms with Crippen molar-refractivity contribution in [2.45, 2.75) is 32.4 Å². The lowest BCUT2D eigenvalue weighted by atomic mass is 10.1. The van der Waals surface area contributed by atoms with Crippen LogP contribution in [0, 0.1) is 0 Å². The van der Waals surface area contributed by atoms with Gasteiger partial charge in [0.1, 0.15) is 11.9 Å². The highest BCUT2D eigenvalue weighted by molar-refractivity contribution is 5.96. The summed E-state index contributed by atoms with van der Waals surface area (Å²) in [5, 5.41) is 16.3. The molecule has 0 spiro atoms. The summed E-state index contributed by atoms with van der Waals surface area (Å²) < 4.78 is 1.52. The standard InChI is InChI=1S/C22H23N3O2/c1-2-3-6-11-23-21(26)17-10-7-12-25-20(17)24-19-14-16-9-5-4-8-15(16)13-18(19)22(25)27/h4-5,7-10,12-14,21,23,26H,2-3,6,11H2,1H3. The van der Waals surface area contributed by atoms with Crippen molar-refractivity contribution in [2.24, 2.45) is 0 Å². The third-order valence-corrected chi connectivity index (χ3v) is 4.95. The summed E-state index contributed by atoms with van der Waals surface area (Å²) in [5.74, 6) is 0. The van der Waals surface area contributed by atoms with Crippen LogP contribution >= 0.6 is 0 Å². The first-order valence-corrected chi connectivity index (χ1v) is 9.44. The minimum Gasteiger partial charge on any atom is -0.374 e. The zero-order chi connectivity index (χ0) is 18.8. The Hall–Kier alpha value is -2.76. The largest absolute Gasteiger partial charge is 0.374 e. The van der Waals surface area contributed by atoms with Gasteiger partial charge in [0.25, 0.3) is 5.56 Å². The van der Waals surface area contributed by atoms with E-state index in [4.69, 9.17) is 4.98 Å². The number of fused-ring (bicyclic) bond motifs is 3. The Morgan fingerprint density at radius 3 is 2.67 bits per heavy atom. The van der Waals surface area contributed by atoms with Crippen LogP contribution in [-0.2, 0) is 0 Å². The van der Waals surface area contributed by atoms with Crippen LogP contribution in [0.2, 0.25) is 0 Å². The predicted octanol–water partition coefficient (Wildman–Crippen LogP) is 3.77. The number of nitrogens with one attached hydrogen (secondary N) is 1. The molecule has 1 atom stereocenters. The Labute approximate surface area is 157 Å². The van der Waals surface area contributed by atoms with Gasteiger partial charge in [0.2, 0.25) is 0 Å². The van der Waals surface area contributed by atoms with E-state index in [-0.39, 0.29) is 5.56 Å². The molecule has 0 aliphatic carbocycles. The number of unbranched alkanes of at least 4 members (excludes halogenated alkanes) is 2. The molecule has 2 heterocycles. The normalized spacial score (nSPS) is 12.8. The molecule has 5 heteroatoms. The highest BCUT2D eigenvalue weighted by Crippen LogP contribution is 2.22. The fourth-order valence-corrected chi connectivity index (χ4v) is 3.47. The summed E-state index contributed by atoms with van der Waals surface area (Å²) in [6.07, 6.45) is 4.09. The first-order chi connectivity index (χ1) is 13.2. The van der Waals surface area contributed by atoms with Gasteiger partial charge in [-0.25, -0.2) is 4.98 Å². The van der Waals surface area contributed by atoms with Crippen molar-refractivity contribution < 1.29 is 5.11 Å². The maximum Gasteiger partial charge on any atom is 0.265 e. The van der Waals surface area contributed by atoms with Gasteiger partial charge in [-0.3, -0.25) is 14.5 Å². The molecule has 0 aliphatic rings. The molecule has 2 aromatic heterocycles. The van der Waals surface area contributed by atoms with E-state index in [1.54, 1.807) is 12.3 Å². The van der Waals surface area contributed by atoms with E-state index < -0.39 is 6.23 Å². The Balaban J connectivity index is 1.84. The SMILES string of the molecule is CCCCCNC(O)c1cccn2c(=O)c3cc4ccccc4cc3nc12. The van der Waals surface area contributed by atoms with Gasteiger partial charge in [-0.05, 0) is 48.0 Å². The van der Waals surface area contributed by atoms with E-state index >= 15 is 0 Å². The summed E-state index contributed by atoms with van der Waals surface area (Å²) in [6.45, 7) is 2.87. The van der Waals surface area contributed by atoms with Gasteiger partial charge < -0.3 is 5.11 Å². The van der Waals surface area contributed by atoms with Crippen molar-refractivity contribution in [1.29, 1.82) is 0 Å². The van der Waals surface area contributed by atoms with Gasteiger partial charge >= 0.3 is 0 Å². The highest BCUT2D eigenvalue weighted by atomic mass is 16.3. The molecule has 27 heavy (non-hydrogen) atoms. The maximum atomic E-state index is 13.0. The second kappa shape index (κ2) is 7.47. The predicted molar refractivity (Wildman–Crippen MR) is 109 cm³/mol. The minimum absolute atomic E-state index is 0.124. The van der Waals surface area contributed by atoms with E-state index in [1.807, 2.05) is 42.5 Å². The monoisotopic (exact) mass is 361 g/mol. The van der Waals surface area contributed by atoms with Crippen LogP contribution in [0.3, 0.4) is 0 Å². The topological polar surface area (TPSA) is 66.6 Å². The fourth-order valence-electron chi connectivity index (χ4n) is 3.47. The molecule has 4 aromatic rings. The molecule has 0 saturated heterocycles. The lowest BCUT2D eigenvalue weighted by molar-refractivity contribution is 0.139. The van der Waals surface area contributed by atoms with Gasteiger partial charge in [0, 0.05) is 11.8 Å². The number of nitrogens with zero attached hydrogens (tertiary/aromatic N) is 2. The Morgan fingerprint density at radius 1 is 1.11 bits per heavy atom. The van der Waals surface area contributed by atoms with Crippen molar-refractivity contribution in [3.8, 4) is 0 Å². The molecule has 2 N–H and O–H groups in total. The van der Waals surface area contributed by atoms with Crippen LogP contribution in [0.25, 0.3) is 27.3 Å². The molecular weight excluding hydrogens is 338 g/mol. The van der Waals surface area contributed by atoms with Crippen molar-refractivity contribution in [1.82, 2.24) is 14.7 Å². The number of benzene rings is 2. The molecular formula is C22H23N3O2. The minimum atomic E-state index is -0.858. The molecule has 0 saturated carbocycles. The summed E-state index contributed by atoms with van der Waals surface area (Å²) in [7, 11) is 0. The van der Waals surface area contributed by atoms with Crippen LogP contribution in [0.1, 0.15) is 38.0 Å². The number of rotatable bonds is 6. The summed E-state index contributed by atoms with van der Waals surface area (Å²) >= 11 is 0. The second-order valence-electron chi connectivity index (χ2n) is 6.85. The smallest absolute Gasteiger partial charge is 0.265 e. The lowest BCUT2D eigenvalue weighted by Gasteiger charge is -2.15. The Morgan fingerprint density at radius 2 is 1.89 bits per heavy atom. The number of hydrogen-bond donors (Lipinski definition) is 2. The van der Waals surface area contributed by atoms with Crippen molar-refractivity contribution in [3.63, 3.8) is 0 Å². The molecule has 5 nitrogen and oxygen atoms in total. The molecule has 0 bridgehead atoms. The van der Waals surface area contributed by atoms with E-state index in [0.29, 0.717) is 22.1 Å². The van der Waals surface area contributed by atoms with Gasteiger partial charge in [-0.2, -0.15) is 0 Å². The molecule has 138 valence electrons. The summed E-state index contributed by atoms with van der Waals surface area (Å²) in [6, 6.07) is 15.3. The summed E-state index contributed by atoms with van der Waals surface area (Å²) in [5.41, 5.74) is 1.62. The number of aliphatic hydroxyl groups excluding tert-OH is 1. The molecule has 0 radical (unpaired) electrons. The van der Waals surface area contributed by atoms with Crippen LogP contribution in [-0.4, -0.2) is 21.0 Å². The lowest BCUT2D eigenvalue weighted by Crippen LogP contribution is -2.24. The third kappa shape index (κ3) is 3.31. The number of pyridine rings is 1. The molecule has 0 amide bonds.